The van der Waals surface area contributed by atoms with E-state index in [-0.39, 0.29) is 11.9 Å². The summed E-state index contributed by atoms with van der Waals surface area (Å²) in [5.74, 6) is 2.68. The second-order valence-corrected chi connectivity index (χ2v) is 3.34. The van der Waals surface area contributed by atoms with E-state index >= 15 is 0 Å². The Morgan fingerprint density at radius 1 is 1.50 bits per heavy atom. The van der Waals surface area contributed by atoms with Crippen molar-refractivity contribution in [2.45, 2.75) is 12.5 Å². The van der Waals surface area contributed by atoms with E-state index in [0.29, 0.717) is 13.0 Å². The molecule has 16 heavy (non-hydrogen) atoms. The third kappa shape index (κ3) is 3.64. The molecule has 0 aliphatic carbocycles. The first kappa shape index (κ1) is 12.1. The number of rotatable bonds is 5. The van der Waals surface area contributed by atoms with Crippen LogP contribution in [0.2, 0.25) is 0 Å². The Labute approximate surface area is 95.2 Å². The van der Waals surface area contributed by atoms with Crippen molar-refractivity contribution in [1.82, 2.24) is 5.32 Å². The van der Waals surface area contributed by atoms with Crippen LogP contribution in [0, 0.1) is 12.3 Å². The maximum atomic E-state index is 8.55. The van der Waals surface area contributed by atoms with E-state index in [2.05, 4.69) is 16.4 Å². The van der Waals surface area contributed by atoms with Crippen molar-refractivity contribution < 1.29 is 5.21 Å². The highest BCUT2D eigenvalue weighted by atomic mass is 16.4. The first-order valence-electron chi connectivity index (χ1n) is 4.96. The third-order valence-electron chi connectivity index (χ3n) is 2.19. The molecule has 0 bridgehead atoms. The lowest BCUT2D eigenvalue weighted by molar-refractivity contribution is 0.315. The zero-order valence-electron chi connectivity index (χ0n) is 8.93. The van der Waals surface area contributed by atoms with Crippen molar-refractivity contribution in [3.63, 3.8) is 0 Å². The van der Waals surface area contributed by atoms with E-state index in [1.165, 1.54) is 0 Å². The van der Waals surface area contributed by atoms with Crippen LogP contribution in [-0.2, 0) is 0 Å². The lowest BCUT2D eigenvalue weighted by atomic mass is 10.0. The predicted molar refractivity (Wildman–Crippen MR) is 64.0 cm³/mol. The van der Waals surface area contributed by atoms with Crippen LogP contribution in [0.3, 0.4) is 0 Å². The van der Waals surface area contributed by atoms with Crippen LogP contribution >= 0.6 is 0 Å². The van der Waals surface area contributed by atoms with Crippen molar-refractivity contribution in [1.29, 1.82) is 0 Å². The lowest BCUT2D eigenvalue weighted by Crippen LogP contribution is -2.27. The SMILES string of the molecule is C#CCNC(CC(N)=NO)c1ccccc1. The molecular weight excluding hydrogens is 202 g/mol. The minimum absolute atomic E-state index is 0.0341. The molecule has 0 aliphatic heterocycles. The van der Waals surface area contributed by atoms with Gasteiger partial charge in [-0.15, -0.1) is 6.42 Å². The maximum Gasteiger partial charge on any atom is 0.141 e. The lowest BCUT2D eigenvalue weighted by Gasteiger charge is -2.16. The van der Waals surface area contributed by atoms with Gasteiger partial charge >= 0.3 is 0 Å². The number of oxime groups is 1. The molecule has 0 radical (unpaired) electrons. The van der Waals surface area contributed by atoms with Gasteiger partial charge in [-0.3, -0.25) is 5.32 Å². The summed E-state index contributed by atoms with van der Waals surface area (Å²) >= 11 is 0. The monoisotopic (exact) mass is 217 g/mol. The molecule has 1 atom stereocenters. The van der Waals surface area contributed by atoms with Gasteiger partial charge in [-0.1, -0.05) is 41.4 Å². The Hall–Kier alpha value is -1.99. The third-order valence-corrected chi connectivity index (χ3v) is 2.19. The van der Waals surface area contributed by atoms with E-state index < -0.39 is 0 Å². The Bertz CT molecular complexity index is 381. The van der Waals surface area contributed by atoms with E-state index in [4.69, 9.17) is 17.4 Å². The largest absolute Gasteiger partial charge is 0.409 e. The molecule has 0 spiro atoms. The van der Waals surface area contributed by atoms with Crippen LogP contribution in [0.25, 0.3) is 0 Å². The van der Waals surface area contributed by atoms with Gasteiger partial charge < -0.3 is 10.9 Å². The highest BCUT2D eigenvalue weighted by Gasteiger charge is 2.11. The zero-order chi connectivity index (χ0) is 11.8. The fourth-order valence-corrected chi connectivity index (χ4v) is 1.43. The smallest absolute Gasteiger partial charge is 0.141 e. The fraction of sp³-hybridized carbons (Fsp3) is 0.250. The molecule has 0 saturated carbocycles. The van der Waals surface area contributed by atoms with Gasteiger partial charge in [0, 0.05) is 12.5 Å². The molecule has 4 nitrogen and oxygen atoms in total. The van der Waals surface area contributed by atoms with E-state index in [0.717, 1.165) is 5.56 Å². The zero-order valence-corrected chi connectivity index (χ0v) is 8.93. The van der Waals surface area contributed by atoms with Gasteiger partial charge in [0.25, 0.3) is 0 Å². The van der Waals surface area contributed by atoms with Crippen LogP contribution in [0.5, 0.6) is 0 Å². The summed E-state index contributed by atoms with van der Waals surface area (Å²) in [7, 11) is 0. The molecule has 84 valence electrons. The maximum absolute atomic E-state index is 8.55. The Morgan fingerprint density at radius 2 is 2.19 bits per heavy atom. The normalized spacial score (nSPS) is 13.1. The topological polar surface area (TPSA) is 70.6 Å². The molecule has 0 aromatic heterocycles. The summed E-state index contributed by atoms with van der Waals surface area (Å²) < 4.78 is 0. The van der Waals surface area contributed by atoms with Crippen LogP contribution in [0.4, 0.5) is 0 Å². The molecule has 1 unspecified atom stereocenters. The highest BCUT2D eigenvalue weighted by Crippen LogP contribution is 2.15. The summed E-state index contributed by atoms with van der Waals surface area (Å²) in [6.45, 7) is 0.443. The quantitative estimate of drug-likeness (QED) is 0.227. The van der Waals surface area contributed by atoms with Crippen molar-refractivity contribution in [3.05, 3.63) is 35.9 Å². The number of amidine groups is 1. The summed E-state index contributed by atoms with van der Waals surface area (Å²) in [6, 6.07) is 9.72. The minimum Gasteiger partial charge on any atom is -0.409 e. The van der Waals surface area contributed by atoms with Crippen LogP contribution in [-0.4, -0.2) is 17.6 Å². The average molecular weight is 217 g/mol. The molecule has 0 aliphatic rings. The van der Waals surface area contributed by atoms with Crippen LogP contribution in [0.1, 0.15) is 18.0 Å². The summed E-state index contributed by atoms with van der Waals surface area (Å²) in [6.07, 6.45) is 5.61. The molecule has 0 heterocycles. The van der Waals surface area contributed by atoms with Gasteiger partial charge in [-0.05, 0) is 5.56 Å². The van der Waals surface area contributed by atoms with E-state index in [1.807, 2.05) is 30.3 Å². The van der Waals surface area contributed by atoms with Gasteiger partial charge in [0.2, 0.25) is 0 Å². The van der Waals surface area contributed by atoms with Crippen molar-refractivity contribution in [2.75, 3.05) is 6.54 Å². The van der Waals surface area contributed by atoms with Crippen molar-refractivity contribution in [2.24, 2.45) is 10.9 Å². The molecule has 0 saturated heterocycles. The van der Waals surface area contributed by atoms with Gasteiger partial charge in [0.05, 0.1) is 6.54 Å². The van der Waals surface area contributed by atoms with E-state index in [9.17, 15) is 0 Å². The summed E-state index contributed by atoms with van der Waals surface area (Å²) in [5.41, 5.74) is 6.55. The number of hydrogen-bond acceptors (Lipinski definition) is 3. The second kappa shape index (κ2) is 6.49. The molecule has 1 aromatic rings. The Kier molecular flexibility index (Phi) is 4.90. The first-order chi connectivity index (χ1) is 7.77. The summed E-state index contributed by atoms with van der Waals surface area (Å²) in [5, 5.41) is 14.7. The number of benzene rings is 1. The average Bonchev–Trinajstić information content (AvgIpc) is 2.35. The van der Waals surface area contributed by atoms with Gasteiger partial charge in [-0.25, -0.2) is 0 Å². The van der Waals surface area contributed by atoms with Crippen LogP contribution < -0.4 is 11.1 Å². The second-order valence-electron chi connectivity index (χ2n) is 3.34. The number of nitrogens with one attached hydrogen (secondary N) is 1. The van der Waals surface area contributed by atoms with Gasteiger partial charge in [0.15, 0.2) is 0 Å². The highest BCUT2D eigenvalue weighted by molar-refractivity contribution is 5.80. The number of nitrogens with two attached hydrogens (primary N) is 1. The molecule has 4 N–H and O–H groups in total. The standard InChI is InChI=1S/C12H15N3O/c1-2-8-14-11(9-12(13)15-16)10-6-4-3-5-7-10/h1,3-7,11,14,16H,8-9H2,(H2,13,15). The van der Waals surface area contributed by atoms with Gasteiger partial charge in [-0.2, -0.15) is 0 Å². The number of terminal acetylenes is 1. The number of hydrogen-bond donors (Lipinski definition) is 3. The van der Waals surface area contributed by atoms with Crippen molar-refractivity contribution >= 4 is 5.84 Å². The molecule has 1 aromatic carbocycles. The fourth-order valence-electron chi connectivity index (χ4n) is 1.43. The molecule has 0 amide bonds. The Balaban J connectivity index is 2.76. The van der Waals surface area contributed by atoms with Crippen molar-refractivity contribution in [3.8, 4) is 12.3 Å². The molecule has 1 rings (SSSR count). The number of nitrogens with zero attached hydrogens (tertiary/aromatic N) is 1. The predicted octanol–water partition coefficient (Wildman–Crippen LogP) is 1.09. The summed E-state index contributed by atoms with van der Waals surface area (Å²) in [4.78, 5) is 0. The molecule has 0 fully saturated rings. The minimum atomic E-state index is -0.0341. The molecular formula is C12H15N3O. The van der Waals surface area contributed by atoms with E-state index in [1.54, 1.807) is 0 Å². The first-order valence-corrected chi connectivity index (χ1v) is 4.96. The van der Waals surface area contributed by atoms with Crippen LogP contribution in [0.15, 0.2) is 35.5 Å². The Morgan fingerprint density at radius 3 is 2.75 bits per heavy atom. The molecule has 4 heteroatoms. The van der Waals surface area contributed by atoms with Gasteiger partial charge in [0.1, 0.15) is 5.84 Å².